The second kappa shape index (κ2) is 8.30. The molecule has 0 amide bonds. The van der Waals surface area contributed by atoms with E-state index in [2.05, 4.69) is 25.7 Å². The molecule has 0 heterocycles. The van der Waals surface area contributed by atoms with Crippen LogP contribution >= 0.6 is 0 Å². The Hall–Kier alpha value is -1.14. The zero-order valence-corrected chi connectivity index (χ0v) is 15.8. The van der Waals surface area contributed by atoms with Gasteiger partial charge in [-0.3, -0.25) is 4.89 Å². The predicted octanol–water partition coefficient (Wildman–Crippen LogP) is 3.16. The normalized spacial score (nSPS) is 23.5. The van der Waals surface area contributed by atoms with E-state index in [1.54, 1.807) is 20.8 Å². The van der Waals surface area contributed by atoms with Gasteiger partial charge in [-0.15, -0.1) is 0 Å². The van der Waals surface area contributed by atoms with E-state index in [4.69, 9.17) is 9.62 Å². The summed E-state index contributed by atoms with van der Waals surface area (Å²) >= 11 is 0. The van der Waals surface area contributed by atoms with Crippen LogP contribution in [0.5, 0.6) is 0 Å². The molecule has 0 aromatic rings. The van der Waals surface area contributed by atoms with Crippen LogP contribution in [0, 0.1) is 11.3 Å². The summed E-state index contributed by atoms with van der Waals surface area (Å²) in [6.07, 6.45) is 2.90. The average molecular weight is 344 g/mol. The second-order valence-electron chi connectivity index (χ2n) is 8.51. The van der Waals surface area contributed by atoms with Gasteiger partial charge in [-0.1, -0.05) is 20.8 Å². The van der Waals surface area contributed by atoms with E-state index in [9.17, 15) is 14.7 Å². The molecule has 6 heteroatoms. The topological polar surface area (TPSA) is 82.1 Å². The number of esters is 1. The molecule has 0 aromatic carbocycles. The molecule has 1 aliphatic rings. The maximum atomic E-state index is 11.8. The fourth-order valence-electron chi connectivity index (χ4n) is 3.18. The van der Waals surface area contributed by atoms with Crippen molar-refractivity contribution in [1.29, 1.82) is 0 Å². The fraction of sp³-hybridized carbons (Fsp3) is 0.889. The van der Waals surface area contributed by atoms with E-state index in [-0.39, 0.29) is 17.9 Å². The van der Waals surface area contributed by atoms with E-state index >= 15 is 0 Å². The van der Waals surface area contributed by atoms with E-state index in [0.717, 1.165) is 25.7 Å². The van der Waals surface area contributed by atoms with Crippen LogP contribution in [0.15, 0.2) is 0 Å². The molecule has 0 spiro atoms. The van der Waals surface area contributed by atoms with Crippen LogP contribution in [0.3, 0.4) is 0 Å². The molecule has 0 saturated heterocycles. The van der Waals surface area contributed by atoms with Gasteiger partial charge in [0.15, 0.2) is 0 Å². The number of hydrogen-bond donors (Lipinski definition) is 1. The molecule has 24 heavy (non-hydrogen) atoms. The molecule has 0 radical (unpaired) electrons. The van der Waals surface area contributed by atoms with Gasteiger partial charge in [0.05, 0.1) is 6.10 Å². The van der Waals surface area contributed by atoms with Crippen molar-refractivity contribution in [3.63, 3.8) is 0 Å². The van der Waals surface area contributed by atoms with E-state index < -0.39 is 23.6 Å². The smallest absolute Gasteiger partial charge is 0.449 e. The number of hydrogen-bond acceptors (Lipinski definition) is 6. The van der Waals surface area contributed by atoms with Crippen molar-refractivity contribution in [3.8, 4) is 0 Å². The minimum absolute atomic E-state index is 0.242. The van der Waals surface area contributed by atoms with Crippen LogP contribution in [0.25, 0.3) is 0 Å². The fourth-order valence-corrected chi connectivity index (χ4v) is 3.18. The van der Waals surface area contributed by atoms with Gasteiger partial charge in [0.2, 0.25) is 0 Å². The Balaban J connectivity index is 2.37. The first-order valence-electron chi connectivity index (χ1n) is 8.69. The zero-order valence-electron chi connectivity index (χ0n) is 15.8. The molecular formula is C18H32O6. The number of carbonyl (C=O) groups is 2. The van der Waals surface area contributed by atoms with Gasteiger partial charge in [0.1, 0.15) is 11.7 Å². The molecular weight excluding hydrogens is 312 g/mol. The van der Waals surface area contributed by atoms with Crippen LogP contribution in [0.1, 0.15) is 73.6 Å². The molecule has 1 N–H and O–H groups in total. The number of aliphatic hydroxyl groups excluding tert-OH is 1. The number of rotatable bonds is 5. The van der Waals surface area contributed by atoms with E-state index in [0.29, 0.717) is 5.92 Å². The summed E-state index contributed by atoms with van der Waals surface area (Å²) in [4.78, 5) is 33.0. The molecule has 0 aromatic heterocycles. The summed E-state index contributed by atoms with van der Waals surface area (Å²) in [6, 6.07) is 0. The van der Waals surface area contributed by atoms with Crippen LogP contribution in [0.2, 0.25) is 0 Å². The summed E-state index contributed by atoms with van der Waals surface area (Å²) in [5.74, 6) is -1.59. The quantitative estimate of drug-likeness (QED) is 0.357. The van der Waals surface area contributed by atoms with Crippen molar-refractivity contribution in [3.05, 3.63) is 0 Å². The SMILES string of the molecule is CC(O)CC(C)(C)OOC(=O)C(=O)OC1CCC(C(C)(C)C)CC1. The summed E-state index contributed by atoms with van der Waals surface area (Å²) in [6.45, 7) is 11.6. The summed E-state index contributed by atoms with van der Waals surface area (Å²) in [5.41, 5.74) is -0.633. The number of aliphatic hydroxyl groups is 1. The highest BCUT2D eigenvalue weighted by molar-refractivity contribution is 6.29. The molecule has 1 aliphatic carbocycles. The number of ether oxygens (including phenoxy) is 1. The summed E-state index contributed by atoms with van der Waals surface area (Å²) < 4.78 is 5.22. The van der Waals surface area contributed by atoms with Gasteiger partial charge < -0.3 is 9.84 Å². The minimum atomic E-state index is -1.16. The lowest BCUT2D eigenvalue weighted by Gasteiger charge is -2.36. The van der Waals surface area contributed by atoms with Gasteiger partial charge in [-0.25, -0.2) is 9.59 Å². The third-order valence-corrected chi connectivity index (χ3v) is 4.47. The predicted molar refractivity (Wildman–Crippen MR) is 88.8 cm³/mol. The van der Waals surface area contributed by atoms with Crippen molar-refractivity contribution in [2.24, 2.45) is 11.3 Å². The van der Waals surface area contributed by atoms with Crippen LogP contribution < -0.4 is 0 Å². The van der Waals surface area contributed by atoms with Crippen molar-refractivity contribution in [2.45, 2.75) is 91.5 Å². The Labute approximate surface area is 144 Å². The first kappa shape index (κ1) is 20.9. The van der Waals surface area contributed by atoms with Gasteiger partial charge in [0.25, 0.3) is 0 Å². The number of carbonyl (C=O) groups excluding carboxylic acids is 2. The first-order valence-corrected chi connectivity index (χ1v) is 8.69. The molecule has 1 fully saturated rings. The van der Waals surface area contributed by atoms with Crippen LogP contribution in [-0.2, 0) is 24.1 Å². The van der Waals surface area contributed by atoms with Crippen molar-refractivity contribution in [2.75, 3.05) is 0 Å². The molecule has 0 aliphatic heterocycles. The lowest BCUT2D eigenvalue weighted by Crippen LogP contribution is -2.35. The highest BCUT2D eigenvalue weighted by Gasteiger charge is 2.33. The summed E-state index contributed by atoms with van der Waals surface area (Å²) in [5, 5.41) is 9.35. The standard InChI is InChI=1S/C18H32O6/c1-12(19)11-18(5,6)24-23-16(21)15(20)22-14-9-7-13(8-10-14)17(2,3)4/h12-14,19H,7-11H2,1-6H3. The van der Waals surface area contributed by atoms with Crippen LogP contribution in [-0.4, -0.2) is 34.9 Å². The maximum absolute atomic E-state index is 11.8. The minimum Gasteiger partial charge on any atom is -0.454 e. The lowest BCUT2D eigenvalue weighted by atomic mass is 9.72. The van der Waals surface area contributed by atoms with Crippen molar-refractivity contribution < 1.29 is 29.2 Å². The molecule has 1 rings (SSSR count). The van der Waals surface area contributed by atoms with Crippen molar-refractivity contribution in [1.82, 2.24) is 0 Å². The van der Waals surface area contributed by atoms with Gasteiger partial charge in [-0.05, 0) is 57.8 Å². The molecule has 0 bridgehead atoms. The van der Waals surface area contributed by atoms with Crippen molar-refractivity contribution >= 4 is 11.9 Å². The Kier molecular flexibility index (Phi) is 7.23. The Morgan fingerprint density at radius 1 is 1.04 bits per heavy atom. The van der Waals surface area contributed by atoms with E-state index in [1.165, 1.54) is 0 Å². The monoisotopic (exact) mass is 344 g/mol. The molecule has 6 nitrogen and oxygen atoms in total. The Morgan fingerprint density at radius 3 is 2.04 bits per heavy atom. The molecule has 140 valence electrons. The van der Waals surface area contributed by atoms with E-state index in [1.807, 2.05) is 0 Å². The largest absolute Gasteiger partial charge is 0.454 e. The third-order valence-electron chi connectivity index (χ3n) is 4.47. The zero-order chi connectivity index (χ0) is 18.5. The summed E-state index contributed by atoms with van der Waals surface area (Å²) in [7, 11) is 0. The Bertz CT molecular complexity index is 427. The highest BCUT2D eigenvalue weighted by Crippen LogP contribution is 2.38. The Morgan fingerprint density at radius 2 is 1.58 bits per heavy atom. The molecule has 1 atom stereocenters. The first-order chi connectivity index (χ1) is 10.9. The third kappa shape index (κ3) is 7.18. The molecule has 1 unspecified atom stereocenters. The highest BCUT2D eigenvalue weighted by atomic mass is 17.2. The lowest BCUT2D eigenvalue weighted by molar-refractivity contribution is -0.327. The maximum Gasteiger partial charge on any atom is 0.449 e. The molecule has 1 saturated carbocycles. The average Bonchev–Trinajstić information content (AvgIpc) is 2.43. The van der Waals surface area contributed by atoms with Gasteiger partial charge in [-0.2, -0.15) is 4.89 Å². The second-order valence-corrected chi connectivity index (χ2v) is 8.51. The van der Waals surface area contributed by atoms with Gasteiger partial charge >= 0.3 is 11.9 Å². The van der Waals surface area contributed by atoms with Gasteiger partial charge in [0, 0.05) is 6.42 Å². The van der Waals surface area contributed by atoms with Crippen LogP contribution in [0.4, 0.5) is 0 Å².